The average Bonchev–Trinajstić information content (AvgIpc) is 3.30. The fourth-order valence-corrected chi connectivity index (χ4v) is 3.29. The fourth-order valence-electron chi connectivity index (χ4n) is 3.29. The maximum absolute atomic E-state index is 12.8. The number of ether oxygens (including phenoxy) is 2. The molecule has 0 saturated carbocycles. The first-order chi connectivity index (χ1) is 13.6. The molecule has 1 atom stereocenters. The lowest BCUT2D eigenvalue weighted by Crippen LogP contribution is -2.31. The van der Waals surface area contributed by atoms with E-state index in [1.807, 2.05) is 6.92 Å². The van der Waals surface area contributed by atoms with Crippen LogP contribution in [-0.2, 0) is 14.3 Å². The highest BCUT2D eigenvalue weighted by molar-refractivity contribution is 6.46. The van der Waals surface area contributed by atoms with Crippen LogP contribution in [0, 0.1) is 0 Å². The predicted octanol–water partition coefficient (Wildman–Crippen LogP) is 3.14. The van der Waals surface area contributed by atoms with Crippen LogP contribution in [0.15, 0.2) is 52.7 Å². The number of hydrogen-bond acceptors (Lipinski definition) is 6. The second-order valence-electron chi connectivity index (χ2n) is 6.32. The van der Waals surface area contributed by atoms with Gasteiger partial charge in [0.05, 0.1) is 18.4 Å². The number of carbonyl (C=O) groups is 2. The molecule has 28 heavy (non-hydrogen) atoms. The number of ketones is 1. The van der Waals surface area contributed by atoms with Gasteiger partial charge in [-0.3, -0.25) is 9.59 Å². The Morgan fingerprint density at radius 1 is 1.25 bits per heavy atom. The summed E-state index contributed by atoms with van der Waals surface area (Å²) < 4.78 is 16.0. The van der Waals surface area contributed by atoms with Crippen molar-refractivity contribution >= 4 is 17.4 Å². The third kappa shape index (κ3) is 3.80. The largest absolute Gasteiger partial charge is 0.507 e. The van der Waals surface area contributed by atoms with E-state index >= 15 is 0 Å². The molecule has 3 rings (SSSR count). The summed E-state index contributed by atoms with van der Waals surface area (Å²) in [6.45, 7) is 3.08. The van der Waals surface area contributed by atoms with Crippen molar-refractivity contribution in [3.05, 3.63) is 59.6 Å². The second kappa shape index (κ2) is 8.75. The minimum atomic E-state index is -0.789. The van der Waals surface area contributed by atoms with Crippen LogP contribution in [0.5, 0.6) is 5.75 Å². The topological polar surface area (TPSA) is 89.2 Å². The van der Waals surface area contributed by atoms with Gasteiger partial charge < -0.3 is 23.9 Å². The Morgan fingerprint density at radius 2 is 2.07 bits per heavy atom. The summed E-state index contributed by atoms with van der Waals surface area (Å²) >= 11 is 0. The van der Waals surface area contributed by atoms with Gasteiger partial charge in [0.2, 0.25) is 0 Å². The number of carbonyl (C=O) groups excluding carboxylic acids is 2. The number of furan rings is 1. The van der Waals surface area contributed by atoms with E-state index in [4.69, 9.17) is 13.9 Å². The van der Waals surface area contributed by atoms with Gasteiger partial charge in [0.1, 0.15) is 23.3 Å². The van der Waals surface area contributed by atoms with Gasteiger partial charge in [-0.25, -0.2) is 0 Å². The second-order valence-corrected chi connectivity index (χ2v) is 6.32. The highest BCUT2D eigenvalue weighted by Crippen LogP contribution is 2.39. The molecule has 1 N–H and O–H groups in total. The first kappa shape index (κ1) is 19.7. The third-order valence-corrected chi connectivity index (χ3v) is 4.52. The summed E-state index contributed by atoms with van der Waals surface area (Å²) in [4.78, 5) is 26.8. The van der Waals surface area contributed by atoms with Gasteiger partial charge in [-0.2, -0.15) is 0 Å². The summed E-state index contributed by atoms with van der Waals surface area (Å²) in [5.74, 6) is -0.678. The Kier molecular flexibility index (Phi) is 6.16. The molecule has 1 aromatic carbocycles. The van der Waals surface area contributed by atoms with Crippen LogP contribution in [0.2, 0.25) is 0 Å². The monoisotopic (exact) mass is 385 g/mol. The first-order valence-electron chi connectivity index (χ1n) is 9.12. The van der Waals surface area contributed by atoms with Crippen molar-refractivity contribution in [1.29, 1.82) is 0 Å². The number of aliphatic hydroxyl groups excluding tert-OH is 1. The SMILES string of the molecule is CCOc1cccc(/C(O)=C2/C(=O)C(=O)N(CCCOC)C2c2ccco2)c1. The molecule has 2 aromatic rings. The minimum absolute atomic E-state index is 0.00557. The Bertz CT molecular complexity index is 871. The molecular weight excluding hydrogens is 362 g/mol. The van der Waals surface area contributed by atoms with Gasteiger partial charge in [-0.15, -0.1) is 0 Å². The van der Waals surface area contributed by atoms with Crippen molar-refractivity contribution in [2.75, 3.05) is 26.9 Å². The van der Waals surface area contributed by atoms with Gasteiger partial charge >= 0.3 is 0 Å². The molecule has 0 aliphatic carbocycles. The Hall–Kier alpha value is -3.06. The van der Waals surface area contributed by atoms with Crippen LogP contribution >= 0.6 is 0 Å². The van der Waals surface area contributed by atoms with Gasteiger partial charge in [0.15, 0.2) is 0 Å². The molecule has 7 heteroatoms. The minimum Gasteiger partial charge on any atom is -0.507 e. The van der Waals surface area contributed by atoms with E-state index in [9.17, 15) is 14.7 Å². The summed E-state index contributed by atoms with van der Waals surface area (Å²) in [5.41, 5.74) is 0.406. The van der Waals surface area contributed by atoms with Gasteiger partial charge in [-0.1, -0.05) is 12.1 Å². The molecule has 0 spiro atoms. The molecular formula is C21H23NO6. The molecule has 0 bridgehead atoms. The predicted molar refractivity (Wildman–Crippen MR) is 102 cm³/mol. The zero-order valence-corrected chi connectivity index (χ0v) is 15.9. The number of hydrogen-bond donors (Lipinski definition) is 1. The number of likely N-dealkylation sites (tertiary alicyclic amines) is 1. The van der Waals surface area contributed by atoms with Gasteiger partial charge in [-0.05, 0) is 37.6 Å². The van der Waals surface area contributed by atoms with E-state index in [1.54, 1.807) is 43.5 Å². The van der Waals surface area contributed by atoms with E-state index in [2.05, 4.69) is 0 Å². The Morgan fingerprint density at radius 3 is 2.75 bits per heavy atom. The lowest BCUT2D eigenvalue weighted by atomic mass is 9.99. The van der Waals surface area contributed by atoms with Crippen molar-refractivity contribution < 1.29 is 28.6 Å². The number of benzene rings is 1. The lowest BCUT2D eigenvalue weighted by Gasteiger charge is -2.23. The number of methoxy groups -OCH3 is 1. The quantitative estimate of drug-likeness (QED) is 0.325. The van der Waals surface area contributed by atoms with Crippen LogP contribution in [0.3, 0.4) is 0 Å². The van der Waals surface area contributed by atoms with E-state index in [1.165, 1.54) is 11.2 Å². The molecule has 0 radical (unpaired) electrons. The maximum Gasteiger partial charge on any atom is 0.295 e. The molecule has 148 valence electrons. The van der Waals surface area contributed by atoms with Crippen molar-refractivity contribution in [3.63, 3.8) is 0 Å². The van der Waals surface area contributed by atoms with E-state index in [0.717, 1.165) is 0 Å². The highest BCUT2D eigenvalue weighted by atomic mass is 16.5. The number of rotatable bonds is 8. The van der Waals surface area contributed by atoms with Crippen molar-refractivity contribution in [1.82, 2.24) is 4.90 Å². The van der Waals surface area contributed by atoms with Gasteiger partial charge in [0, 0.05) is 25.8 Å². The molecule has 1 aliphatic heterocycles. The fraction of sp³-hybridized carbons (Fsp3) is 0.333. The van der Waals surface area contributed by atoms with Crippen LogP contribution in [0.1, 0.15) is 30.7 Å². The van der Waals surface area contributed by atoms with E-state index in [-0.39, 0.29) is 11.3 Å². The molecule has 1 unspecified atom stereocenters. The van der Waals surface area contributed by atoms with Crippen molar-refractivity contribution in [2.45, 2.75) is 19.4 Å². The third-order valence-electron chi connectivity index (χ3n) is 4.52. The number of amides is 1. The highest BCUT2D eigenvalue weighted by Gasteiger charge is 2.47. The van der Waals surface area contributed by atoms with Crippen LogP contribution in [0.4, 0.5) is 0 Å². The van der Waals surface area contributed by atoms with Crippen molar-refractivity contribution in [3.8, 4) is 5.75 Å². The molecule has 7 nitrogen and oxygen atoms in total. The number of nitrogens with zero attached hydrogens (tertiary/aromatic N) is 1. The Balaban J connectivity index is 2.05. The standard InChI is InChI=1S/C21H23NO6/c1-3-27-15-8-4-7-14(13-15)19(23)17-18(16-9-5-12-28-16)22(10-6-11-26-2)21(25)20(17)24/h4-5,7-9,12-13,18,23H,3,6,10-11H2,1-2H3/b19-17-. The normalized spacial score (nSPS) is 18.6. The molecule has 1 saturated heterocycles. The molecule has 1 aromatic heterocycles. The number of Topliss-reactive ketones (excluding diaryl/α,β-unsaturated/α-hetero) is 1. The zero-order chi connectivity index (χ0) is 20.1. The molecule has 1 fully saturated rings. The summed E-state index contributed by atoms with van der Waals surface area (Å²) in [6.07, 6.45) is 2.03. The first-order valence-corrected chi connectivity index (χ1v) is 9.12. The van der Waals surface area contributed by atoms with Gasteiger partial charge in [0.25, 0.3) is 11.7 Å². The van der Waals surface area contributed by atoms with Crippen LogP contribution in [-0.4, -0.2) is 48.6 Å². The summed E-state index contributed by atoms with van der Waals surface area (Å²) in [6, 6.07) is 9.35. The zero-order valence-electron chi connectivity index (χ0n) is 15.9. The molecule has 1 amide bonds. The lowest BCUT2D eigenvalue weighted by molar-refractivity contribution is -0.140. The summed E-state index contributed by atoms with van der Waals surface area (Å²) in [7, 11) is 1.57. The van der Waals surface area contributed by atoms with Crippen LogP contribution in [0.25, 0.3) is 5.76 Å². The van der Waals surface area contributed by atoms with E-state index < -0.39 is 17.7 Å². The molecule has 2 heterocycles. The van der Waals surface area contributed by atoms with Crippen LogP contribution < -0.4 is 4.74 Å². The smallest absolute Gasteiger partial charge is 0.295 e. The Labute approximate surface area is 163 Å². The van der Waals surface area contributed by atoms with Crippen molar-refractivity contribution in [2.24, 2.45) is 0 Å². The summed E-state index contributed by atoms with van der Waals surface area (Å²) in [5, 5.41) is 10.9. The molecule has 1 aliphatic rings. The maximum atomic E-state index is 12.8. The average molecular weight is 385 g/mol. The number of aliphatic hydroxyl groups is 1. The van der Waals surface area contributed by atoms with E-state index in [0.29, 0.717) is 43.3 Å².